The van der Waals surface area contributed by atoms with E-state index in [1.807, 2.05) is 0 Å². The summed E-state index contributed by atoms with van der Waals surface area (Å²) >= 11 is 0.505. The van der Waals surface area contributed by atoms with Gasteiger partial charge in [-0.15, -0.1) is 11.3 Å². The number of nitrogens with two attached hydrogens (primary N) is 1. The van der Waals surface area contributed by atoms with Crippen LogP contribution in [0.4, 0.5) is 0 Å². The van der Waals surface area contributed by atoms with Crippen molar-refractivity contribution in [1.82, 2.24) is 5.32 Å². The number of carbonyl (C=O) groups is 1. The Bertz CT molecular complexity index is 685. The van der Waals surface area contributed by atoms with Gasteiger partial charge in [0.2, 0.25) is 10.0 Å². The topological polar surface area (TPSA) is 123 Å². The highest BCUT2D eigenvalue weighted by atomic mass is 32.3. The van der Waals surface area contributed by atoms with Crippen molar-refractivity contribution in [2.45, 2.75) is 8.42 Å². The summed E-state index contributed by atoms with van der Waals surface area (Å²) in [4.78, 5) is 11.5. The fourth-order valence-corrected chi connectivity index (χ4v) is 5.22. The van der Waals surface area contributed by atoms with Crippen molar-refractivity contribution in [3.63, 3.8) is 0 Å². The summed E-state index contributed by atoms with van der Waals surface area (Å²) in [5.41, 5.74) is -0.156. The number of hydrogen-bond acceptors (Lipinski definition) is 6. The Kier molecular flexibility index (Phi) is 2.77. The number of fused-ring (bicyclic) bond motifs is 1. The highest BCUT2D eigenvalue weighted by Crippen LogP contribution is 2.31. The van der Waals surface area contributed by atoms with Gasteiger partial charge >= 0.3 is 0 Å². The van der Waals surface area contributed by atoms with Gasteiger partial charge in [-0.25, -0.2) is 22.0 Å². The Balaban J connectivity index is 2.74. The molecule has 0 saturated carbocycles. The second kappa shape index (κ2) is 3.77. The zero-order chi connectivity index (χ0) is 12.8. The van der Waals surface area contributed by atoms with E-state index in [2.05, 4.69) is 5.32 Å². The van der Waals surface area contributed by atoms with Crippen LogP contribution in [0.3, 0.4) is 0 Å². The van der Waals surface area contributed by atoms with E-state index in [0.29, 0.717) is 11.3 Å². The Morgan fingerprint density at radius 2 is 2.06 bits per heavy atom. The third kappa shape index (κ3) is 2.20. The molecule has 0 saturated heterocycles. The van der Waals surface area contributed by atoms with Crippen LogP contribution >= 0.6 is 11.3 Å². The number of amides is 1. The first kappa shape index (κ1) is 12.5. The fraction of sp³-hybridized carbons (Fsp3) is 0.286. The lowest BCUT2D eigenvalue weighted by atomic mass is 10.3. The van der Waals surface area contributed by atoms with E-state index < -0.39 is 25.8 Å². The van der Waals surface area contributed by atoms with Crippen LogP contribution in [0.25, 0.3) is 0 Å². The van der Waals surface area contributed by atoms with Gasteiger partial charge < -0.3 is 5.32 Å². The molecule has 0 radical (unpaired) electrons. The molecule has 0 fully saturated rings. The molecule has 7 nitrogen and oxygen atoms in total. The molecule has 10 heteroatoms. The van der Waals surface area contributed by atoms with Gasteiger partial charge in [0.1, 0.15) is 8.42 Å². The van der Waals surface area contributed by atoms with Crippen LogP contribution in [0.1, 0.15) is 10.4 Å². The largest absolute Gasteiger partial charge is 0.351 e. The zero-order valence-electron chi connectivity index (χ0n) is 8.33. The van der Waals surface area contributed by atoms with E-state index in [0.717, 1.165) is 6.07 Å². The predicted molar refractivity (Wildman–Crippen MR) is 60.1 cm³/mol. The Morgan fingerprint density at radius 1 is 1.41 bits per heavy atom. The van der Waals surface area contributed by atoms with E-state index in [-0.39, 0.29) is 26.3 Å². The quantitative estimate of drug-likeness (QED) is 0.681. The SMILES string of the molecule is NS(=O)(=O)c1cc2c(s1)S(=O)(=O)CCNC2=O. The Labute approximate surface area is 102 Å². The summed E-state index contributed by atoms with van der Waals surface area (Å²) in [5.74, 6) is -0.858. The number of primary sulfonamides is 1. The molecule has 3 N–H and O–H groups in total. The van der Waals surface area contributed by atoms with E-state index in [1.54, 1.807) is 0 Å². The lowest BCUT2D eigenvalue weighted by Gasteiger charge is -1.96. The maximum atomic E-state index is 11.8. The first-order valence-electron chi connectivity index (χ1n) is 4.39. The maximum absolute atomic E-state index is 11.8. The third-order valence-electron chi connectivity index (χ3n) is 2.14. The number of rotatable bonds is 1. The predicted octanol–water partition coefficient (Wildman–Crippen LogP) is -1.09. The van der Waals surface area contributed by atoms with Crippen molar-refractivity contribution >= 4 is 37.1 Å². The molecular formula is C7H8N2O5S3. The molecule has 1 aromatic heterocycles. The summed E-state index contributed by atoms with van der Waals surface area (Å²) in [5, 5.41) is 7.27. The van der Waals surface area contributed by atoms with Crippen LogP contribution in [0.15, 0.2) is 14.5 Å². The van der Waals surface area contributed by atoms with Gasteiger partial charge in [0, 0.05) is 6.54 Å². The van der Waals surface area contributed by atoms with Crippen molar-refractivity contribution in [2.24, 2.45) is 5.14 Å². The van der Waals surface area contributed by atoms with Gasteiger partial charge in [-0.1, -0.05) is 0 Å². The standard InChI is InChI=1S/C7H8N2O5S3/c8-17(13,14)5-3-4-6(10)9-1-2-16(11,12)7(4)15-5/h3H,1-2H2,(H,9,10)(H2,8,13,14). The smallest absolute Gasteiger partial charge is 0.253 e. The van der Waals surface area contributed by atoms with Crippen molar-refractivity contribution in [3.05, 3.63) is 11.6 Å². The summed E-state index contributed by atoms with van der Waals surface area (Å²) in [7, 11) is -7.64. The van der Waals surface area contributed by atoms with Crippen molar-refractivity contribution in [3.8, 4) is 0 Å². The minimum Gasteiger partial charge on any atom is -0.351 e. The molecule has 1 aromatic rings. The number of hydrogen-bond donors (Lipinski definition) is 2. The Morgan fingerprint density at radius 3 is 2.65 bits per heavy atom. The van der Waals surface area contributed by atoms with Crippen LogP contribution in [0, 0.1) is 0 Å². The molecule has 0 atom stereocenters. The van der Waals surface area contributed by atoms with Gasteiger partial charge in [0.15, 0.2) is 9.84 Å². The van der Waals surface area contributed by atoms with E-state index >= 15 is 0 Å². The van der Waals surface area contributed by atoms with E-state index in [1.165, 1.54) is 0 Å². The monoisotopic (exact) mass is 296 g/mol. The van der Waals surface area contributed by atoms with Crippen LogP contribution in [-0.2, 0) is 19.9 Å². The average Bonchev–Trinajstić information content (AvgIpc) is 2.57. The molecule has 1 aliphatic rings. The molecule has 1 aliphatic heterocycles. The molecule has 0 aliphatic carbocycles. The van der Waals surface area contributed by atoms with Gasteiger partial charge in [0.05, 0.1) is 11.3 Å². The highest BCUT2D eigenvalue weighted by Gasteiger charge is 2.31. The minimum atomic E-state index is -4.01. The van der Waals surface area contributed by atoms with Gasteiger partial charge in [-0.05, 0) is 6.07 Å². The molecule has 94 valence electrons. The minimum absolute atomic E-state index is 0.00722. The average molecular weight is 296 g/mol. The molecule has 2 rings (SSSR count). The van der Waals surface area contributed by atoms with E-state index in [4.69, 9.17) is 5.14 Å². The summed E-state index contributed by atoms with van der Waals surface area (Å²) in [6, 6.07) is 0.994. The Hall–Kier alpha value is -0.970. The number of carbonyl (C=O) groups excluding carboxylic acids is 1. The summed E-state index contributed by atoms with van der Waals surface area (Å²) < 4.78 is 45.2. The van der Waals surface area contributed by atoms with Crippen LogP contribution in [-0.4, -0.2) is 35.0 Å². The van der Waals surface area contributed by atoms with E-state index in [9.17, 15) is 21.6 Å². The van der Waals surface area contributed by atoms with Crippen molar-refractivity contribution < 1.29 is 21.6 Å². The number of nitrogens with one attached hydrogen (secondary N) is 1. The summed E-state index contributed by atoms with van der Waals surface area (Å²) in [6.07, 6.45) is 0. The number of sulfone groups is 1. The van der Waals surface area contributed by atoms with Crippen molar-refractivity contribution in [2.75, 3.05) is 12.3 Å². The van der Waals surface area contributed by atoms with Crippen molar-refractivity contribution in [1.29, 1.82) is 0 Å². The molecule has 0 bridgehead atoms. The third-order valence-corrected chi connectivity index (χ3v) is 7.03. The molecule has 0 spiro atoms. The second-order valence-corrected chi connectivity index (χ2v) is 8.53. The van der Waals surface area contributed by atoms with Gasteiger partial charge in [-0.3, -0.25) is 4.79 Å². The maximum Gasteiger partial charge on any atom is 0.253 e. The lowest BCUT2D eigenvalue weighted by molar-refractivity contribution is 0.0955. The molecule has 17 heavy (non-hydrogen) atoms. The molecule has 0 unspecified atom stereocenters. The van der Waals surface area contributed by atoms with Gasteiger partial charge in [-0.2, -0.15) is 0 Å². The first-order chi connectivity index (χ1) is 7.72. The second-order valence-electron chi connectivity index (χ2n) is 3.39. The van der Waals surface area contributed by atoms with Gasteiger partial charge in [0.25, 0.3) is 5.91 Å². The number of sulfonamides is 1. The van der Waals surface area contributed by atoms with Crippen LogP contribution < -0.4 is 10.5 Å². The van der Waals surface area contributed by atoms with Crippen LogP contribution in [0.2, 0.25) is 0 Å². The highest BCUT2D eigenvalue weighted by molar-refractivity contribution is 7.95. The molecular weight excluding hydrogens is 288 g/mol. The molecule has 2 heterocycles. The first-order valence-corrected chi connectivity index (χ1v) is 8.41. The molecule has 1 amide bonds. The zero-order valence-corrected chi connectivity index (χ0v) is 10.8. The summed E-state index contributed by atoms with van der Waals surface area (Å²) in [6.45, 7) is 0.00722. The molecule has 0 aromatic carbocycles. The number of thiophene rings is 1. The lowest BCUT2D eigenvalue weighted by Crippen LogP contribution is -2.24. The fourth-order valence-electron chi connectivity index (χ4n) is 1.37. The normalized spacial score (nSPS) is 19.2. The van der Waals surface area contributed by atoms with Crippen LogP contribution in [0.5, 0.6) is 0 Å².